The van der Waals surface area contributed by atoms with Crippen molar-refractivity contribution in [1.29, 1.82) is 0 Å². The van der Waals surface area contributed by atoms with Crippen LogP contribution in [0.15, 0.2) is 22.7 Å². The van der Waals surface area contributed by atoms with Gasteiger partial charge in [0.1, 0.15) is 5.75 Å². The molecule has 2 fully saturated rings. The number of halogens is 1. The molecule has 1 aromatic carbocycles. The van der Waals surface area contributed by atoms with Crippen LogP contribution in [0.25, 0.3) is 0 Å². The van der Waals surface area contributed by atoms with Gasteiger partial charge >= 0.3 is 0 Å². The van der Waals surface area contributed by atoms with Crippen molar-refractivity contribution in [2.45, 2.75) is 44.3 Å². The highest BCUT2D eigenvalue weighted by atomic mass is 79.9. The largest absolute Gasteiger partial charge is 0.497 e. The van der Waals surface area contributed by atoms with Crippen molar-refractivity contribution in [3.05, 3.63) is 28.2 Å². The van der Waals surface area contributed by atoms with Crippen LogP contribution in [0.5, 0.6) is 5.75 Å². The van der Waals surface area contributed by atoms with Gasteiger partial charge in [-0.15, -0.1) is 0 Å². The van der Waals surface area contributed by atoms with Gasteiger partial charge in [0.15, 0.2) is 0 Å². The average Bonchev–Trinajstić information content (AvgIpc) is 2.94. The number of hydrogen-bond acceptors (Lipinski definition) is 3. The molecule has 0 amide bonds. The Morgan fingerprint density at radius 3 is 3.10 bits per heavy atom. The number of rotatable bonds is 4. The predicted molar refractivity (Wildman–Crippen MR) is 85.2 cm³/mol. The third-order valence-corrected chi connectivity index (χ3v) is 5.43. The number of nitrogens with zero attached hydrogens (tertiary/aromatic N) is 1. The lowest BCUT2D eigenvalue weighted by atomic mass is 9.97. The molecule has 2 aliphatic heterocycles. The van der Waals surface area contributed by atoms with Crippen molar-refractivity contribution >= 4 is 15.9 Å². The zero-order valence-corrected chi connectivity index (χ0v) is 13.7. The molecular weight excluding hydrogens is 316 g/mol. The molecule has 110 valence electrons. The van der Waals surface area contributed by atoms with Crippen molar-refractivity contribution < 1.29 is 4.74 Å². The molecule has 0 aromatic heterocycles. The van der Waals surface area contributed by atoms with E-state index in [2.05, 4.69) is 38.3 Å². The lowest BCUT2D eigenvalue weighted by Gasteiger charge is -2.35. The summed E-state index contributed by atoms with van der Waals surface area (Å²) in [7, 11) is 1.72. The lowest BCUT2D eigenvalue weighted by molar-refractivity contribution is 0.166. The number of hydrogen-bond donors (Lipinski definition) is 1. The molecule has 1 N–H and O–H groups in total. The predicted octanol–water partition coefficient (Wildman–Crippen LogP) is 3.17. The van der Waals surface area contributed by atoms with Crippen molar-refractivity contribution in [2.24, 2.45) is 0 Å². The number of benzene rings is 1. The summed E-state index contributed by atoms with van der Waals surface area (Å²) >= 11 is 3.63. The summed E-state index contributed by atoms with van der Waals surface area (Å²) < 4.78 is 6.46. The third-order valence-electron chi connectivity index (χ3n) is 4.65. The summed E-state index contributed by atoms with van der Waals surface area (Å²) in [4.78, 5) is 2.67. The van der Waals surface area contributed by atoms with Crippen molar-refractivity contribution in [3.8, 4) is 5.75 Å². The van der Waals surface area contributed by atoms with Crippen LogP contribution >= 0.6 is 15.9 Å². The fourth-order valence-corrected chi connectivity index (χ4v) is 3.86. The van der Waals surface area contributed by atoms with Gasteiger partial charge in [-0.1, -0.05) is 15.9 Å². The molecule has 1 aromatic rings. The Balaban J connectivity index is 1.56. The van der Waals surface area contributed by atoms with Crippen LogP contribution in [-0.4, -0.2) is 37.2 Å². The van der Waals surface area contributed by atoms with E-state index in [0.717, 1.165) is 22.8 Å². The van der Waals surface area contributed by atoms with Gasteiger partial charge in [-0.05, 0) is 62.5 Å². The number of ether oxygens (including phenoxy) is 1. The maximum Gasteiger partial charge on any atom is 0.119 e. The second-order valence-electron chi connectivity index (χ2n) is 5.89. The Kier molecular flexibility index (Phi) is 4.64. The zero-order chi connectivity index (χ0) is 13.9. The van der Waals surface area contributed by atoms with E-state index < -0.39 is 0 Å². The Hall–Kier alpha value is -0.580. The van der Waals surface area contributed by atoms with Crippen LogP contribution in [0.4, 0.5) is 0 Å². The molecule has 0 bridgehead atoms. The Morgan fingerprint density at radius 1 is 1.35 bits per heavy atom. The number of methoxy groups -OCH3 is 1. The maximum atomic E-state index is 5.30. The first kappa shape index (κ1) is 14.4. The summed E-state index contributed by atoms with van der Waals surface area (Å²) in [6.45, 7) is 3.50. The zero-order valence-electron chi connectivity index (χ0n) is 12.1. The molecule has 2 heterocycles. The highest BCUT2D eigenvalue weighted by Gasteiger charge is 2.31. The molecule has 3 rings (SSSR count). The average molecular weight is 339 g/mol. The van der Waals surface area contributed by atoms with Crippen LogP contribution < -0.4 is 10.1 Å². The van der Waals surface area contributed by atoms with Gasteiger partial charge < -0.3 is 15.0 Å². The topological polar surface area (TPSA) is 24.5 Å². The molecule has 2 unspecified atom stereocenters. The molecule has 2 saturated heterocycles. The van der Waals surface area contributed by atoms with Gasteiger partial charge in [0.25, 0.3) is 0 Å². The van der Waals surface area contributed by atoms with Crippen molar-refractivity contribution in [1.82, 2.24) is 10.2 Å². The van der Waals surface area contributed by atoms with Crippen LogP contribution in [0.1, 0.15) is 31.2 Å². The number of nitrogens with one attached hydrogen (secondary N) is 1. The van der Waals surface area contributed by atoms with Crippen LogP contribution in [0.2, 0.25) is 0 Å². The van der Waals surface area contributed by atoms with E-state index in [9.17, 15) is 0 Å². The summed E-state index contributed by atoms with van der Waals surface area (Å²) in [5.74, 6) is 0.926. The standard InChI is InChI=1S/C16H23BrN2O/c1-20-15-4-5-16(17)12(9-15)11-18-13-6-8-19-7-2-3-14(19)10-13/h4-5,9,13-14,18H,2-3,6-8,10-11H2,1H3. The second-order valence-corrected chi connectivity index (χ2v) is 6.75. The summed E-state index contributed by atoms with van der Waals surface area (Å²) in [6.07, 6.45) is 5.36. The minimum absolute atomic E-state index is 0.660. The first-order chi connectivity index (χ1) is 9.76. The normalized spacial score (nSPS) is 26.5. The van der Waals surface area contributed by atoms with E-state index in [1.807, 2.05) is 6.07 Å². The van der Waals surface area contributed by atoms with Gasteiger partial charge in [-0.2, -0.15) is 0 Å². The van der Waals surface area contributed by atoms with Crippen LogP contribution in [0, 0.1) is 0 Å². The minimum atomic E-state index is 0.660. The molecule has 2 aliphatic rings. The monoisotopic (exact) mass is 338 g/mol. The molecule has 0 spiro atoms. The highest BCUT2D eigenvalue weighted by Crippen LogP contribution is 2.28. The fraction of sp³-hybridized carbons (Fsp3) is 0.625. The summed E-state index contributed by atoms with van der Waals surface area (Å²) in [5.41, 5.74) is 1.28. The molecule has 0 saturated carbocycles. The van der Waals surface area contributed by atoms with E-state index >= 15 is 0 Å². The molecular formula is C16H23BrN2O. The van der Waals surface area contributed by atoms with Crippen molar-refractivity contribution in [3.63, 3.8) is 0 Å². The third kappa shape index (κ3) is 3.18. The molecule has 0 aliphatic carbocycles. The Morgan fingerprint density at radius 2 is 2.25 bits per heavy atom. The molecule has 4 heteroatoms. The minimum Gasteiger partial charge on any atom is -0.497 e. The highest BCUT2D eigenvalue weighted by molar-refractivity contribution is 9.10. The van der Waals surface area contributed by atoms with E-state index in [0.29, 0.717) is 6.04 Å². The molecule has 0 radical (unpaired) electrons. The lowest BCUT2D eigenvalue weighted by Crippen LogP contribution is -2.45. The van der Waals surface area contributed by atoms with Gasteiger partial charge in [-0.3, -0.25) is 0 Å². The van der Waals surface area contributed by atoms with Gasteiger partial charge in [0, 0.05) is 23.1 Å². The van der Waals surface area contributed by atoms with E-state index in [4.69, 9.17) is 4.74 Å². The molecule has 2 atom stereocenters. The smallest absolute Gasteiger partial charge is 0.119 e. The Bertz CT molecular complexity index is 466. The van der Waals surface area contributed by atoms with Crippen LogP contribution in [-0.2, 0) is 6.54 Å². The number of piperidine rings is 1. The van der Waals surface area contributed by atoms with Gasteiger partial charge in [0.05, 0.1) is 7.11 Å². The van der Waals surface area contributed by atoms with E-state index in [-0.39, 0.29) is 0 Å². The SMILES string of the molecule is COc1ccc(Br)c(CNC2CCN3CCCC3C2)c1. The van der Waals surface area contributed by atoms with Crippen LogP contribution in [0.3, 0.4) is 0 Å². The van der Waals surface area contributed by atoms with Gasteiger partial charge in [-0.25, -0.2) is 0 Å². The second kappa shape index (κ2) is 6.46. The Labute approximate surface area is 129 Å². The first-order valence-electron chi connectivity index (χ1n) is 7.56. The maximum absolute atomic E-state index is 5.30. The van der Waals surface area contributed by atoms with E-state index in [1.165, 1.54) is 44.3 Å². The molecule has 20 heavy (non-hydrogen) atoms. The fourth-order valence-electron chi connectivity index (χ4n) is 3.48. The van der Waals surface area contributed by atoms with Crippen molar-refractivity contribution in [2.75, 3.05) is 20.2 Å². The quantitative estimate of drug-likeness (QED) is 0.912. The number of fused-ring (bicyclic) bond motifs is 1. The summed E-state index contributed by atoms with van der Waals surface area (Å²) in [5, 5.41) is 3.73. The first-order valence-corrected chi connectivity index (χ1v) is 8.35. The van der Waals surface area contributed by atoms with Gasteiger partial charge in [0.2, 0.25) is 0 Å². The van der Waals surface area contributed by atoms with E-state index in [1.54, 1.807) is 7.11 Å². The summed E-state index contributed by atoms with van der Waals surface area (Å²) in [6, 6.07) is 7.66. The molecule has 3 nitrogen and oxygen atoms in total.